The van der Waals surface area contributed by atoms with Crippen LogP contribution in [-0.2, 0) is 9.47 Å². The number of hydrogen-bond donors (Lipinski definition) is 1. The van der Waals surface area contributed by atoms with Crippen molar-refractivity contribution in [2.24, 2.45) is 0 Å². The molecule has 0 atom stereocenters. The number of nitrogens with zero attached hydrogens (tertiary/aromatic N) is 1. The molecule has 1 aliphatic rings. The van der Waals surface area contributed by atoms with Gasteiger partial charge in [-0.2, -0.15) is 0 Å². The standard InChI is InChI=1S/C12H18N2O2/c1-9-4-5-10(6-13-9)14-11-7-15-12(2,3)16-8-11/h4-6,11,14H,7-8H2,1-3H3. The number of ether oxygens (including phenoxy) is 2. The monoisotopic (exact) mass is 222 g/mol. The highest BCUT2D eigenvalue weighted by atomic mass is 16.7. The van der Waals surface area contributed by atoms with Crippen LogP contribution in [0, 0.1) is 6.92 Å². The summed E-state index contributed by atoms with van der Waals surface area (Å²) in [6, 6.07) is 4.19. The highest BCUT2D eigenvalue weighted by molar-refractivity contribution is 5.41. The molecule has 0 bridgehead atoms. The second-order valence-electron chi connectivity index (χ2n) is 4.55. The maximum atomic E-state index is 5.57. The maximum Gasteiger partial charge on any atom is 0.162 e. The molecule has 0 saturated carbocycles. The molecule has 4 nitrogen and oxygen atoms in total. The SMILES string of the molecule is Cc1ccc(NC2COC(C)(C)OC2)cn1. The van der Waals surface area contributed by atoms with Gasteiger partial charge in [-0.1, -0.05) is 0 Å². The Bertz CT molecular complexity index is 339. The lowest BCUT2D eigenvalue weighted by Gasteiger charge is -2.35. The summed E-state index contributed by atoms with van der Waals surface area (Å²) in [4.78, 5) is 4.23. The number of nitrogens with one attached hydrogen (secondary N) is 1. The fourth-order valence-electron chi connectivity index (χ4n) is 1.56. The van der Waals surface area contributed by atoms with E-state index >= 15 is 0 Å². The molecule has 1 aliphatic heterocycles. The van der Waals surface area contributed by atoms with Crippen LogP contribution in [0.4, 0.5) is 5.69 Å². The molecule has 88 valence electrons. The van der Waals surface area contributed by atoms with Crippen molar-refractivity contribution in [2.45, 2.75) is 32.6 Å². The van der Waals surface area contributed by atoms with Crippen molar-refractivity contribution in [3.63, 3.8) is 0 Å². The number of pyridine rings is 1. The number of anilines is 1. The average Bonchev–Trinajstić information content (AvgIpc) is 2.24. The van der Waals surface area contributed by atoms with Crippen molar-refractivity contribution in [1.29, 1.82) is 0 Å². The summed E-state index contributed by atoms with van der Waals surface area (Å²) in [6.45, 7) is 7.13. The summed E-state index contributed by atoms with van der Waals surface area (Å²) in [5.74, 6) is -0.455. The minimum Gasteiger partial charge on any atom is -0.376 e. The van der Waals surface area contributed by atoms with E-state index in [4.69, 9.17) is 9.47 Å². The third-order valence-corrected chi connectivity index (χ3v) is 2.55. The molecule has 4 heteroatoms. The highest BCUT2D eigenvalue weighted by Gasteiger charge is 2.28. The number of aryl methyl sites for hydroxylation is 1. The summed E-state index contributed by atoms with van der Waals surface area (Å²) in [5.41, 5.74) is 2.02. The minimum atomic E-state index is -0.455. The molecule has 0 radical (unpaired) electrons. The first-order chi connectivity index (χ1) is 7.55. The zero-order chi connectivity index (χ0) is 11.6. The quantitative estimate of drug-likeness (QED) is 0.830. The van der Waals surface area contributed by atoms with Crippen LogP contribution in [0.15, 0.2) is 18.3 Å². The molecule has 1 aromatic heterocycles. The Morgan fingerprint density at radius 2 is 2.00 bits per heavy atom. The molecule has 0 unspecified atom stereocenters. The van der Waals surface area contributed by atoms with Crippen molar-refractivity contribution < 1.29 is 9.47 Å². The molecule has 0 amide bonds. The predicted octanol–water partition coefficient (Wildman–Crippen LogP) is 1.95. The van der Waals surface area contributed by atoms with Crippen molar-refractivity contribution in [3.8, 4) is 0 Å². The lowest BCUT2D eigenvalue weighted by Crippen LogP contribution is -2.45. The van der Waals surface area contributed by atoms with E-state index in [2.05, 4.69) is 10.3 Å². The largest absolute Gasteiger partial charge is 0.376 e. The fourth-order valence-corrected chi connectivity index (χ4v) is 1.56. The van der Waals surface area contributed by atoms with E-state index in [0.29, 0.717) is 13.2 Å². The van der Waals surface area contributed by atoms with Gasteiger partial charge >= 0.3 is 0 Å². The van der Waals surface area contributed by atoms with E-state index in [1.54, 1.807) is 0 Å². The Labute approximate surface area is 96.0 Å². The van der Waals surface area contributed by atoms with Gasteiger partial charge < -0.3 is 14.8 Å². The smallest absolute Gasteiger partial charge is 0.162 e. The van der Waals surface area contributed by atoms with Gasteiger partial charge in [0.2, 0.25) is 0 Å². The minimum absolute atomic E-state index is 0.192. The molecule has 2 rings (SSSR count). The summed E-state index contributed by atoms with van der Waals surface area (Å²) in [5, 5.41) is 3.33. The van der Waals surface area contributed by atoms with Crippen LogP contribution >= 0.6 is 0 Å². The zero-order valence-electron chi connectivity index (χ0n) is 9.99. The zero-order valence-corrected chi connectivity index (χ0v) is 9.99. The molecule has 2 heterocycles. The molecular weight excluding hydrogens is 204 g/mol. The molecular formula is C12H18N2O2. The molecule has 0 aliphatic carbocycles. The topological polar surface area (TPSA) is 43.4 Å². The summed E-state index contributed by atoms with van der Waals surface area (Å²) in [7, 11) is 0. The van der Waals surface area contributed by atoms with Gasteiger partial charge in [0.15, 0.2) is 5.79 Å². The van der Waals surface area contributed by atoms with Crippen LogP contribution in [-0.4, -0.2) is 30.0 Å². The van der Waals surface area contributed by atoms with E-state index in [1.165, 1.54) is 0 Å². The molecule has 1 aromatic rings. The molecule has 16 heavy (non-hydrogen) atoms. The van der Waals surface area contributed by atoms with E-state index < -0.39 is 5.79 Å². The lowest BCUT2D eigenvalue weighted by atomic mass is 10.2. The van der Waals surface area contributed by atoms with Gasteiger partial charge in [-0.05, 0) is 32.9 Å². The van der Waals surface area contributed by atoms with Gasteiger partial charge in [0, 0.05) is 5.69 Å². The number of rotatable bonds is 2. The molecule has 1 saturated heterocycles. The molecule has 1 N–H and O–H groups in total. The Morgan fingerprint density at radius 3 is 2.56 bits per heavy atom. The Hall–Kier alpha value is -1.13. The van der Waals surface area contributed by atoms with Crippen molar-refractivity contribution in [1.82, 2.24) is 4.98 Å². The Kier molecular flexibility index (Phi) is 3.12. The summed E-state index contributed by atoms with van der Waals surface area (Å²) < 4.78 is 11.1. The third-order valence-electron chi connectivity index (χ3n) is 2.55. The predicted molar refractivity (Wildman–Crippen MR) is 62.4 cm³/mol. The van der Waals surface area contributed by atoms with Crippen LogP contribution in [0.1, 0.15) is 19.5 Å². The maximum absolute atomic E-state index is 5.57. The first-order valence-electron chi connectivity index (χ1n) is 5.52. The summed E-state index contributed by atoms with van der Waals surface area (Å²) >= 11 is 0. The Balaban J connectivity index is 1.89. The third kappa shape index (κ3) is 2.93. The first kappa shape index (κ1) is 11.4. The van der Waals surface area contributed by atoms with E-state index in [1.807, 2.05) is 39.1 Å². The van der Waals surface area contributed by atoms with Gasteiger partial charge in [0.25, 0.3) is 0 Å². The second-order valence-corrected chi connectivity index (χ2v) is 4.55. The highest BCUT2D eigenvalue weighted by Crippen LogP contribution is 2.19. The van der Waals surface area contributed by atoms with Gasteiger partial charge in [-0.15, -0.1) is 0 Å². The van der Waals surface area contributed by atoms with Crippen molar-refractivity contribution in [2.75, 3.05) is 18.5 Å². The van der Waals surface area contributed by atoms with E-state index in [9.17, 15) is 0 Å². The van der Waals surface area contributed by atoms with Gasteiger partial charge in [0.1, 0.15) is 0 Å². The molecule has 1 fully saturated rings. The van der Waals surface area contributed by atoms with E-state index in [0.717, 1.165) is 11.4 Å². The van der Waals surface area contributed by atoms with Crippen LogP contribution in [0.25, 0.3) is 0 Å². The van der Waals surface area contributed by atoms with Crippen molar-refractivity contribution >= 4 is 5.69 Å². The Morgan fingerprint density at radius 1 is 1.31 bits per heavy atom. The average molecular weight is 222 g/mol. The summed E-state index contributed by atoms with van der Waals surface area (Å²) in [6.07, 6.45) is 1.83. The van der Waals surface area contributed by atoms with Crippen LogP contribution < -0.4 is 5.32 Å². The van der Waals surface area contributed by atoms with Crippen molar-refractivity contribution in [3.05, 3.63) is 24.0 Å². The number of hydrogen-bond acceptors (Lipinski definition) is 4. The normalized spacial score (nSPS) is 20.7. The van der Waals surface area contributed by atoms with Crippen LogP contribution in [0.3, 0.4) is 0 Å². The van der Waals surface area contributed by atoms with Gasteiger partial charge in [-0.25, -0.2) is 0 Å². The fraction of sp³-hybridized carbons (Fsp3) is 0.583. The lowest BCUT2D eigenvalue weighted by molar-refractivity contribution is -0.247. The van der Waals surface area contributed by atoms with Crippen LogP contribution in [0.2, 0.25) is 0 Å². The molecule has 0 aromatic carbocycles. The second kappa shape index (κ2) is 4.39. The molecule has 0 spiro atoms. The number of aromatic nitrogens is 1. The van der Waals surface area contributed by atoms with Gasteiger partial charge in [-0.3, -0.25) is 4.98 Å². The first-order valence-corrected chi connectivity index (χ1v) is 5.52. The van der Waals surface area contributed by atoms with Gasteiger partial charge in [0.05, 0.1) is 31.1 Å². The van der Waals surface area contributed by atoms with Crippen LogP contribution in [0.5, 0.6) is 0 Å². The van der Waals surface area contributed by atoms with E-state index in [-0.39, 0.29) is 6.04 Å².